The molecule has 3 rings (SSSR count). The molecular weight excluding hydrogens is 403 g/mol. The zero-order valence-corrected chi connectivity index (χ0v) is 16.9. The van der Waals surface area contributed by atoms with Crippen LogP contribution in [0.3, 0.4) is 0 Å². The van der Waals surface area contributed by atoms with E-state index in [2.05, 4.69) is 10.6 Å². The van der Waals surface area contributed by atoms with E-state index in [0.29, 0.717) is 32.6 Å². The molecule has 0 radical (unpaired) electrons. The van der Waals surface area contributed by atoms with Crippen LogP contribution in [0.2, 0.25) is 0 Å². The summed E-state index contributed by atoms with van der Waals surface area (Å²) in [6.45, 7) is 2.11. The number of carbonyl (C=O) groups is 2. The van der Waals surface area contributed by atoms with E-state index in [0.717, 1.165) is 11.1 Å². The maximum Gasteiger partial charge on any atom is 0.254 e. The Morgan fingerprint density at radius 3 is 2.68 bits per heavy atom. The summed E-state index contributed by atoms with van der Waals surface area (Å²) in [7, 11) is 0. The number of carbonyl (C=O) groups excluding carboxylic acids is 2. The Kier molecular flexibility index (Phi) is 7.52. The van der Waals surface area contributed by atoms with Crippen molar-refractivity contribution in [3.63, 3.8) is 0 Å². The monoisotopic (exact) mass is 428 g/mol. The van der Waals surface area contributed by atoms with Crippen LogP contribution in [0.5, 0.6) is 0 Å². The standard InChI is InChI=1S/C22H25FN4O4/c23-17-5-6-18(16(11-17)12-24)15-3-1-14(2-4-15)13-26-21(30)19(28)20(29)22(31)27-9-7-25-8-10-27/h1-3,5-6,11,15,19-20,25,28-29H,4,7-10,13H2,(H,26,30)/t15?,19-,20-/m1/s1. The fraction of sp³-hybridized carbons (Fsp3) is 0.409. The molecule has 2 amide bonds. The molecule has 9 heteroatoms. The molecule has 1 aromatic carbocycles. The summed E-state index contributed by atoms with van der Waals surface area (Å²) in [5.41, 5.74) is 1.79. The van der Waals surface area contributed by atoms with Crippen LogP contribution in [0.15, 0.2) is 42.0 Å². The van der Waals surface area contributed by atoms with Gasteiger partial charge in [0, 0.05) is 38.6 Å². The first-order valence-electron chi connectivity index (χ1n) is 10.1. The second-order valence-corrected chi connectivity index (χ2v) is 7.51. The quantitative estimate of drug-likeness (QED) is 0.503. The van der Waals surface area contributed by atoms with Crippen LogP contribution in [-0.2, 0) is 9.59 Å². The van der Waals surface area contributed by atoms with E-state index in [-0.39, 0.29) is 18.0 Å². The van der Waals surface area contributed by atoms with Crippen LogP contribution in [0.4, 0.5) is 4.39 Å². The lowest BCUT2D eigenvalue weighted by Gasteiger charge is -2.30. The van der Waals surface area contributed by atoms with Crippen LogP contribution in [0.1, 0.15) is 23.5 Å². The van der Waals surface area contributed by atoms with Gasteiger partial charge in [0.25, 0.3) is 11.8 Å². The highest BCUT2D eigenvalue weighted by molar-refractivity contribution is 5.90. The third-order valence-electron chi connectivity index (χ3n) is 5.43. The fourth-order valence-corrected chi connectivity index (χ4v) is 3.62. The van der Waals surface area contributed by atoms with Gasteiger partial charge in [-0.3, -0.25) is 9.59 Å². The molecule has 4 N–H and O–H groups in total. The van der Waals surface area contributed by atoms with Gasteiger partial charge in [0.15, 0.2) is 12.2 Å². The molecule has 0 saturated carbocycles. The van der Waals surface area contributed by atoms with Crippen molar-refractivity contribution in [1.82, 2.24) is 15.5 Å². The number of amides is 2. The first kappa shape index (κ1) is 22.6. The smallest absolute Gasteiger partial charge is 0.254 e. The predicted molar refractivity (Wildman–Crippen MR) is 110 cm³/mol. The largest absolute Gasteiger partial charge is 0.380 e. The Balaban J connectivity index is 1.51. The molecule has 1 saturated heterocycles. The third-order valence-corrected chi connectivity index (χ3v) is 5.43. The van der Waals surface area contributed by atoms with Gasteiger partial charge in [-0.05, 0) is 29.7 Å². The minimum Gasteiger partial charge on any atom is -0.380 e. The number of hydrogen-bond acceptors (Lipinski definition) is 6. The van der Waals surface area contributed by atoms with Gasteiger partial charge in [0.05, 0.1) is 11.6 Å². The summed E-state index contributed by atoms with van der Waals surface area (Å²) >= 11 is 0. The maximum atomic E-state index is 13.3. The minimum absolute atomic E-state index is 0.0845. The molecule has 1 aromatic rings. The molecule has 1 heterocycles. The number of nitriles is 1. The SMILES string of the molecule is N#Cc1cc(F)ccc1C1C=CC(CNC(=O)[C@H](O)[C@@H](O)C(=O)N2CCNCC2)=CC1. The number of piperazine rings is 1. The lowest BCUT2D eigenvalue weighted by Crippen LogP contribution is -2.55. The van der Waals surface area contributed by atoms with Gasteiger partial charge in [-0.25, -0.2) is 4.39 Å². The van der Waals surface area contributed by atoms with Crippen LogP contribution in [0, 0.1) is 17.1 Å². The van der Waals surface area contributed by atoms with Crippen molar-refractivity contribution in [1.29, 1.82) is 5.26 Å². The van der Waals surface area contributed by atoms with E-state index in [9.17, 15) is 29.5 Å². The van der Waals surface area contributed by atoms with Crippen molar-refractivity contribution in [3.05, 3.63) is 58.9 Å². The number of aliphatic hydroxyl groups is 2. The molecule has 0 bridgehead atoms. The molecule has 1 fully saturated rings. The minimum atomic E-state index is -1.86. The zero-order valence-electron chi connectivity index (χ0n) is 16.9. The van der Waals surface area contributed by atoms with Crippen molar-refractivity contribution in [2.75, 3.05) is 32.7 Å². The number of allylic oxidation sites excluding steroid dienone is 2. The average molecular weight is 428 g/mol. The number of aliphatic hydroxyl groups excluding tert-OH is 2. The molecule has 8 nitrogen and oxygen atoms in total. The lowest BCUT2D eigenvalue weighted by atomic mass is 9.87. The molecule has 0 aromatic heterocycles. The topological polar surface area (TPSA) is 126 Å². The van der Waals surface area contributed by atoms with E-state index in [1.165, 1.54) is 17.0 Å². The van der Waals surface area contributed by atoms with Crippen LogP contribution >= 0.6 is 0 Å². The summed E-state index contributed by atoms with van der Waals surface area (Å²) < 4.78 is 13.3. The van der Waals surface area contributed by atoms with E-state index in [1.807, 2.05) is 18.2 Å². The van der Waals surface area contributed by atoms with Crippen molar-refractivity contribution < 1.29 is 24.2 Å². The lowest BCUT2D eigenvalue weighted by molar-refractivity contribution is -0.153. The molecule has 2 aliphatic rings. The number of nitrogens with one attached hydrogen (secondary N) is 2. The molecule has 1 unspecified atom stereocenters. The molecule has 31 heavy (non-hydrogen) atoms. The van der Waals surface area contributed by atoms with E-state index >= 15 is 0 Å². The zero-order chi connectivity index (χ0) is 22.4. The Morgan fingerprint density at radius 2 is 2.03 bits per heavy atom. The first-order chi connectivity index (χ1) is 14.9. The highest BCUT2D eigenvalue weighted by atomic mass is 19.1. The summed E-state index contributed by atoms with van der Waals surface area (Å²) in [5.74, 6) is -2.05. The maximum absolute atomic E-state index is 13.3. The summed E-state index contributed by atoms with van der Waals surface area (Å²) in [6, 6.07) is 6.12. The predicted octanol–water partition coefficient (Wildman–Crippen LogP) is -0.0629. The molecule has 1 aliphatic heterocycles. The van der Waals surface area contributed by atoms with E-state index in [1.54, 1.807) is 12.1 Å². The Labute approximate surface area is 179 Å². The number of benzene rings is 1. The fourth-order valence-electron chi connectivity index (χ4n) is 3.62. The van der Waals surface area contributed by atoms with Crippen LogP contribution in [-0.4, -0.2) is 71.9 Å². The summed E-state index contributed by atoms with van der Waals surface area (Å²) in [4.78, 5) is 25.8. The molecule has 3 atom stereocenters. The van der Waals surface area contributed by atoms with Crippen molar-refractivity contribution in [2.24, 2.45) is 0 Å². The Morgan fingerprint density at radius 1 is 1.29 bits per heavy atom. The number of rotatable bonds is 6. The van der Waals surface area contributed by atoms with Crippen LogP contribution in [0.25, 0.3) is 0 Å². The highest BCUT2D eigenvalue weighted by Gasteiger charge is 2.33. The Hall–Kier alpha value is -3.06. The number of nitrogens with zero attached hydrogens (tertiary/aromatic N) is 2. The highest BCUT2D eigenvalue weighted by Crippen LogP contribution is 2.29. The first-order valence-corrected chi connectivity index (χ1v) is 10.1. The van der Waals surface area contributed by atoms with Gasteiger partial charge in [0.1, 0.15) is 5.82 Å². The molecular formula is C22H25FN4O4. The van der Waals surface area contributed by atoms with Gasteiger partial charge in [-0.2, -0.15) is 5.26 Å². The second kappa shape index (κ2) is 10.3. The van der Waals surface area contributed by atoms with Gasteiger partial charge in [-0.1, -0.05) is 24.3 Å². The normalized spacial score (nSPS) is 20.4. The third kappa shape index (κ3) is 5.55. The van der Waals surface area contributed by atoms with Crippen molar-refractivity contribution >= 4 is 11.8 Å². The van der Waals surface area contributed by atoms with Gasteiger partial charge >= 0.3 is 0 Å². The Bertz CT molecular complexity index is 934. The van der Waals surface area contributed by atoms with Crippen LogP contribution < -0.4 is 10.6 Å². The summed E-state index contributed by atoms with van der Waals surface area (Å²) in [6.07, 6.45) is 2.42. The summed E-state index contributed by atoms with van der Waals surface area (Å²) in [5, 5.41) is 34.9. The van der Waals surface area contributed by atoms with Gasteiger partial charge < -0.3 is 25.7 Å². The molecule has 0 spiro atoms. The van der Waals surface area contributed by atoms with E-state index in [4.69, 9.17) is 0 Å². The van der Waals surface area contributed by atoms with Crippen molar-refractivity contribution in [2.45, 2.75) is 24.5 Å². The number of halogens is 1. The van der Waals surface area contributed by atoms with Gasteiger partial charge in [0.2, 0.25) is 0 Å². The van der Waals surface area contributed by atoms with Gasteiger partial charge in [-0.15, -0.1) is 0 Å². The van der Waals surface area contributed by atoms with E-state index < -0.39 is 29.8 Å². The van der Waals surface area contributed by atoms with Crippen molar-refractivity contribution in [3.8, 4) is 6.07 Å². The number of hydrogen-bond donors (Lipinski definition) is 4. The molecule has 164 valence electrons. The second-order valence-electron chi connectivity index (χ2n) is 7.51. The average Bonchev–Trinajstić information content (AvgIpc) is 2.81. The molecule has 1 aliphatic carbocycles.